The molecule has 0 saturated carbocycles. The number of fused-ring (bicyclic) bond motifs is 8. The Hall–Kier alpha value is -6.84. The molecule has 3 nitrogen and oxygen atoms in total. The molecule has 0 aliphatic heterocycles. The average molecular weight is 706 g/mol. The summed E-state index contributed by atoms with van der Waals surface area (Å²) in [5, 5.41) is 3.54. The van der Waals surface area contributed by atoms with Gasteiger partial charge in [-0.25, -0.2) is 9.97 Å². The van der Waals surface area contributed by atoms with Crippen molar-refractivity contribution < 1.29 is 0 Å². The zero-order valence-electron chi connectivity index (χ0n) is 31.2. The third-order valence-electron chi connectivity index (χ3n) is 11.6. The number of allylic oxidation sites excluding steroid dienone is 2. The Kier molecular flexibility index (Phi) is 7.53. The maximum atomic E-state index is 5.48. The molecule has 1 aliphatic rings. The minimum Gasteiger partial charge on any atom is -0.306 e. The van der Waals surface area contributed by atoms with E-state index in [0.29, 0.717) is 0 Å². The van der Waals surface area contributed by atoms with Gasteiger partial charge in [0.05, 0.1) is 22.9 Å². The van der Waals surface area contributed by atoms with Crippen molar-refractivity contribution in [1.82, 2.24) is 14.5 Å². The Balaban J connectivity index is 1.24. The van der Waals surface area contributed by atoms with Crippen LogP contribution < -0.4 is 0 Å². The number of benzene rings is 7. The largest absolute Gasteiger partial charge is 0.306 e. The highest BCUT2D eigenvalue weighted by atomic mass is 15.0. The molecule has 55 heavy (non-hydrogen) atoms. The Labute approximate surface area is 321 Å². The van der Waals surface area contributed by atoms with E-state index in [2.05, 4.69) is 178 Å². The van der Waals surface area contributed by atoms with E-state index in [-0.39, 0.29) is 5.41 Å². The lowest BCUT2D eigenvalue weighted by atomic mass is 9.81. The quantitative estimate of drug-likeness (QED) is 0.161. The van der Waals surface area contributed by atoms with E-state index >= 15 is 0 Å². The Bertz CT molecular complexity index is 3020. The maximum absolute atomic E-state index is 5.48. The Morgan fingerprint density at radius 3 is 2.11 bits per heavy atom. The zero-order chi connectivity index (χ0) is 37.3. The van der Waals surface area contributed by atoms with E-state index in [1.165, 1.54) is 71.8 Å². The molecule has 0 unspecified atom stereocenters. The molecule has 2 aromatic heterocycles. The van der Waals surface area contributed by atoms with Crippen molar-refractivity contribution in [3.8, 4) is 50.5 Å². The van der Waals surface area contributed by atoms with Gasteiger partial charge in [-0.15, -0.1) is 0 Å². The minimum atomic E-state index is -0.223. The van der Waals surface area contributed by atoms with Crippen LogP contribution in [0.4, 0.5) is 0 Å². The highest BCUT2D eigenvalue weighted by molar-refractivity contribution is 6.14. The second-order valence-electron chi connectivity index (χ2n) is 15.1. The molecule has 0 bridgehead atoms. The number of rotatable bonds is 6. The first-order valence-electron chi connectivity index (χ1n) is 19.0. The van der Waals surface area contributed by atoms with Gasteiger partial charge in [-0.3, -0.25) is 0 Å². The fourth-order valence-corrected chi connectivity index (χ4v) is 9.00. The molecule has 0 amide bonds. The van der Waals surface area contributed by atoms with Gasteiger partial charge in [0.1, 0.15) is 5.52 Å². The Morgan fingerprint density at radius 1 is 0.600 bits per heavy atom. The smallest absolute Gasteiger partial charge is 0.159 e. The summed E-state index contributed by atoms with van der Waals surface area (Å²) in [7, 11) is 0. The third kappa shape index (κ3) is 5.04. The van der Waals surface area contributed by atoms with Crippen LogP contribution in [0.5, 0.6) is 0 Å². The van der Waals surface area contributed by atoms with Crippen LogP contribution in [0.25, 0.3) is 89.2 Å². The van der Waals surface area contributed by atoms with Crippen LogP contribution in [0.2, 0.25) is 0 Å². The van der Waals surface area contributed by atoms with Gasteiger partial charge < -0.3 is 4.57 Å². The molecule has 0 fully saturated rings. The summed E-state index contributed by atoms with van der Waals surface area (Å²) in [6.45, 7) is 10.8. The first-order valence-corrected chi connectivity index (χ1v) is 19.0. The molecule has 0 N–H and O–H groups in total. The van der Waals surface area contributed by atoms with Crippen LogP contribution in [0, 0.1) is 6.92 Å². The third-order valence-corrected chi connectivity index (χ3v) is 11.6. The summed E-state index contributed by atoms with van der Waals surface area (Å²) >= 11 is 0. The SMILES string of the molecule is C=C/C=C\c1c(C)cccc1-c1ccc(-n2c3cnc(-c4ccc(-c5ccccc5)cc4)nc3c3c4c(ccc32)-c2ccccc2C4(C)C)c2ccccc12. The first kappa shape index (κ1) is 32.8. The topological polar surface area (TPSA) is 30.7 Å². The summed E-state index contributed by atoms with van der Waals surface area (Å²) in [5.41, 5.74) is 17.4. The van der Waals surface area contributed by atoms with E-state index in [9.17, 15) is 0 Å². The number of hydrogen-bond donors (Lipinski definition) is 0. The van der Waals surface area contributed by atoms with Crippen molar-refractivity contribution in [2.24, 2.45) is 0 Å². The van der Waals surface area contributed by atoms with Crippen LogP contribution >= 0.6 is 0 Å². The number of aromatic nitrogens is 3. The van der Waals surface area contributed by atoms with Crippen molar-refractivity contribution in [3.05, 3.63) is 193 Å². The molecule has 0 saturated heterocycles. The van der Waals surface area contributed by atoms with Gasteiger partial charge in [0, 0.05) is 21.8 Å². The van der Waals surface area contributed by atoms with Gasteiger partial charge in [-0.05, 0) is 80.1 Å². The van der Waals surface area contributed by atoms with Crippen LogP contribution in [0.1, 0.15) is 36.1 Å². The molecule has 262 valence electrons. The summed E-state index contributed by atoms with van der Waals surface area (Å²) in [5.74, 6) is 0.719. The monoisotopic (exact) mass is 705 g/mol. The fourth-order valence-electron chi connectivity index (χ4n) is 9.00. The summed E-state index contributed by atoms with van der Waals surface area (Å²) in [4.78, 5) is 10.6. The van der Waals surface area contributed by atoms with Crippen molar-refractivity contribution in [2.75, 3.05) is 0 Å². The number of hydrogen-bond acceptors (Lipinski definition) is 2. The van der Waals surface area contributed by atoms with E-state index in [1.54, 1.807) is 0 Å². The van der Waals surface area contributed by atoms with E-state index in [1.807, 2.05) is 24.4 Å². The van der Waals surface area contributed by atoms with Crippen LogP contribution in [0.15, 0.2) is 171 Å². The predicted octanol–water partition coefficient (Wildman–Crippen LogP) is 13.5. The van der Waals surface area contributed by atoms with Crippen LogP contribution in [-0.2, 0) is 5.41 Å². The van der Waals surface area contributed by atoms with Gasteiger partial charge in [0.15, 0.2) is 5.82 Å². The molecular weight excluding hydrogens is 667 g/mol. The highest BCUT2D eigenvalue weighted by Crippen LogP contribution is 2.53. The molecule has 7 aromatic carbocycles. The van der Waals surface area contributed by atoms with E-state index in [4.69, 9.17) is 9.97 Å². The average Bonchev–Trinajstić information content (AvgIpc) is 3.68. The van der Waals surface area contributed by atoms with Gasteiger partial charge >= 0.3 is 0 Å². The summed E-state index contributed by atoms with van der Waals surface area (Å²) in [6.07, 6.45) is 8.05. The van der Waals surface area contributed by atoms with E-state index < -0.39 is 0 Å². The maximum Gasteiger partial charge on any atom is 0.159 e. The second-order valence-corrected chi connectivity index (χ2v) is 15.1. The molecule has 1 aliphatic carbocycles. The molecule has 10 rings (SSSR count). The van der Waals surface area contributed by atoms with Gasteiger partial charge in [-0.2, -0.15) is 0 Å². The normalized spacial score (nSPS) is 13.1. The van der Waals surface area contributed by atoms with Crippen LogP contribution in [-0.4, -0.2) is 14.5 Å². The summed E-state index contributed by atoms with van der Waals surface area (Å²) < 4.78 is 2.40. The van der Waals surface area contributed by atoms with Crippen molar-refractivity contribution in [1.29, 1.82) is 0 Å². The molecule has 0 atom stereocenters. The van der Waals surface area contributed by atoms with Gasteiger partial charge in [0.2, 0.25) is 0 Å². The molecule has 9 aromatic rings. The van der Waals surface area contributed by atoms with Crippen LogP contribution in [0.3, 0.4) is 0 Å². The van der Waals surface area contributed by atoms with Gasteiger partial charge in [0.25, 0.3) is 0 Å². The highest BCUT2D eigenvalue weighted by Gasteiger charge is 2.38. The predicted molar refractivity (Wildman–Crippen MR) is 232 cm³/mol. The lowest BCUT2D eigenvalue weighted by Crippen LogP contribution is -2.15. The van der Waals surface area contributed by atoms with Crippen molar-refractivity contribution >= 4 is 38.8 Å². The number of nitrogens with zero attached hydrogens (tertiary/aromatic N) is 3. The standard InChI is InChI=1S/C52H39N3/c1-5-6-18-37-33(2)15-14-22-38(37)40-28-30-45(42-21-11-10-19-39(40)42)55-46-31-29-43-41-20-12-13-23-44(41)52(3,4)49(43)48(46)50-47(55)32-53-51(54-50)36-26-24-35(25-27-36)34-16-8-7-9-17-34/h5-32H,1H2,2-4H3/b18-6-. The lowest BCUT2D eigenvalue weighted by molar-refractivity contribution is 0.666. The minimum absolute atomic E-state index is 0.223. The zero-order valence-corrected chi connectivity index (χ0v) is 31.2. The van der Waals surface area contributed by atoms with Crippen molar-refractivity contribution in [3.63, 3.8) is 0 Å². The molecule has 0 spiro atoms. The molecule has 3 heteroatoms. The molecule has 2 heterocycles. The number of aryl methyl sites for hydroxylation is 1. The summed E-state index contributed by atoms with van der Waals surface area (Å²) in [6, 6.07) is 52.5. The van der Waals surface area contributed by atoms with E-state index in [0.717, 1.165) is 33.6 Å². The molecule has 0 radical (unpaired) electrons. The Morgan fingerprint density at radius 2 is 1.29 bits per heavy atom. The van der Waals surface area contributed by atoms with Gasteiger partial charge in [-0.1, -0.05) is 172 Å². The second kappa shape index (κ2) is 12.6. The molecular formula is C52H39N3. The van der Waals surface area contributed by atoms with Crippen molar-refractivity contribution in [2.45, 2.75) is 26.2 Å². The lowest BCUT2D eigenvalue weighted by Gasteiger charge is -2.22. The fraction of sp³-hybridized carbons (Fsp3) is 0.0769. The first-order chi connectivity index (χ1) is 26.9.